The Morgan fingerprint density at radius 2 is 2.26 bits per heavy atom. The van der Waals surface area contributed by atoms with Crippen molar-refractivity contribution in [3.05, 3.63) is 65.1 Å². The molecule has 4 rings (SSSR count). The normalized spacial score (nSPS) is 16.5. The van der Waals surface area contributed by atoms with E-state index >= 15 is 0 Å². The molecular weight excluding hydrogens is 288 g/mol. The van der Waals surface area contributed by atoms with Crippen molar-refractivity contribution in [2.45, 2.75) is 25.4 Å². The predicted octanol–water partition coefficient (Wildman–Crippen LogP) is 2.44. The topological polar surface area (TPSA) is 83.8 Å². The number of rotatable bonds is 3. The van der Waals surface area contributed by atoms with Gasteiger partial charge in [0.2, 0.25) is 0 Å². The van der Waals surface area contributed by atoms with Crippen molar-refractivity contribution in [2.75, 3.05) is 0 Å². The molecular formula is C18H18N4O. The highest BCUT2D eigenvalue weighted by molar-refractivity contribution is 5.98. The monoisotopic (exact) mass is 306 g/mol. The van der Waals surface area contributed by atoms with E-state index in [-0.39, 0.29) is 11.9 Å². The van der Waals surface area contributed by atoms with Gasteiger partial charge in [0.15, 0.2) is 0 Å². The van der Waals surface area contributed by atoms with Gasteiger partial charge >= 0.3 is 0 Å². The van der Waals surface area contributed by atoms with E-state index < -0.39 is 0 Å². The lowest BCUT2D eigenvalue weighted by Crippen LogP contribution is -2.27. The summed E-state index contributed by atoms with van der Waals surface area (Å²) in [6.07, 6.45) is 5.37. The van der Waals surface area contributed by atoms with Crippen molar-refractivity contribution in [1.82, 2.24) is 15.3 Å². The Bertz CT molecular complexity index is 851. The number of nitrogens with zero attached hydrogens (tertiary/aromatic N) is 1. The second-order valence-electron chi connectivity index (χ2n) is 5.95. The van der Waals surface area contributed by atoms with Crippen LogP contribution < -0.4 is 11.1 Å². The fraction of sp³-hybridized carbons (Fsp3) is 0.222. The van der Waals surface area contributed by atoms with Crippen LogP contribution in [0.3, 0.4) is 0 Å². The van der Waals surface area contributed by atoms with Gasteiger partial charge in [-0.25, -0.2) is 0 Å². The first-order valence-corrected chi connectivity index (χ1v) is 7.80. The number of carbonyl (C=O) groups excluding carboxylic acids is 1. The van der Waals surface area contributed by atoms with Crippen molar-refractivity contribution in [2.24, 2.45) is 5.73 Å². The van der Waals surface area contributed by atoms with E-state index in [4.69, 9.17) is 5.73 Å². The van der Waals surface area contributed by atoms with E-state index in [0.29, 0.717) is 12.2 Å². The average molecular weight is 306 g/mol. The number of nitrogens with one attached hydrogen (secondary N) is 2. The number of amides is 1. The van der Waals surface area contributed by atoms with Gasteiger partial charge in [0.25, 0.3) is 5.91 Å². The zero-order valence-electron chi connectivity index (χ0n) is 12.7. The predicted molar refractivity (Wildman–Crippen MR) is 89.0 cm³/mol. The molecule has 1 atom stereocenters. The highest BCUT2D eigenvalue weighted by Gasteiger charge is 2.24. The Morgan fingerprint density at radius 3 is 3.09 bits per heavy atom. The molecule has 23 heavy (non-hydrogen) atoms. The molecule has 0 bridgehead atoms. The lowest BCUT2D eigenvalue weighted by molar-refractivity contribution is 0.0932. The highest BCUT2D eigenvalue weighted by atomic mass is 16.1. The number of hydrogen-bond donors (Lipinski definition) is 3. The Balaban J connectivity index is 1.56. The van der Waals surface area contributed by atoms with E-state index in [2.05, 4.69) is 27.4 Å². The second kappa shape index (κ2) is 5.52. The van der Waals surface area contributed by atoms with Gasteiger partial charge in [0.1, 0.15) is 5.69 Å². The maximum Gasteiger partial charge on any atom is 0.268 e. The molecule has 0 aliphatic heterocycles. The lowest BCUT2D eigenvalue weighted by Gasteiger charge is -2.14. The van der Waals surface area contributed by atoms with Gasteiger partial charge in [-0.05, 0) is 41.7 Å². The summed E-state index contributed by atoms with van der Waals surface area (Å²) in [5.41, 5.74) is 10.8. The number of carbonyl (C=O) groups is 1. The molecule has 0 saturated carbocycles. The molecule has 2 heterocycles. The van der Waals surface area contributed by atoms with Crippen molar-refractivity contribution in [3.63, 3.8) is 0 Å². The highest BCUT2D eigenvalue weighted by Crippen LogP contribution is 2.32. The summed E-state index contributed by atoms with van der Waals surface area (Å²) in [5, 5.41) is 4.07. The van der Waals surface area contributed by atoms with Gasteiger partial charge in [-0.1, -0.05) is 18.2 Å². The summed E-state index contributed by atoms with van der Waals surface area (Å²) in [7, 11) is 0. The van der Waals surface area contributed by atoms with E-state index in [1.54, 1.807) is 12.4 Å². The number of benzene rings is 1. The van der Waals surface area contributed by atoms with E-state index in [0.717, 1.165) is 29.3 Å². The second-order valence-corrected chi connectivity index (χ2v) is 5.95. The van der Waals surface area contributed by atoms with Crippen LogP contribution in [0.5, 0.6) is 0 Å². The smallest absolute Gasteiger partial charge is 0.268 e. The van der Waals surface area contributed by atoms with Gasteiger partial charge in [-0.2, -0.15) is 0 Å². The van der Waals surface area contributed by atoms with E-state index in [9.17, 15) is 4.79 Å². The van der Waals surface area contributed by atoms with Gasteiger partial charge in [0, 0.05) is 29.8 Å². The minimum Gasteiger partial charge on any atom is -0.350 e. The molecule has 0 radical (unpaired) electrons. The molecule has 0 saturated heterocycles. The Hall–Kier alpha value is -2.66. The standard InChI is InChI=1S/C18H18N4O/c19-9-11-1-3-14-12(7-11)2-4-16(14)22-18(23)17-8-13-10-20-6-5-15(13)21-17/h1,3,5-8,10,16,21H,2,4,9,19H2,(H,22,23). The zero-order valence-corrected chi connectivity index (χ0v) is 12.7. The maximum atomic E-state index is 12.5. The molecule has 5 heteroatoms. The fourth-order valence-corrected chi connectivity index (χ4v) is 3.28. The molecule has 2 aromatic heterocycles. The first-order valence-electron chi connectivity index (χ1n) is 7.80. The number of aromatic amines is 1. The minimum absolute atomic E-state index is 0.0638. The van der Waals surface area contributed by atoms with E-state index in [1.165, 1.54) is 11.1 Å². The third-order valence-corrected chi connectivity index (χ3v) is 4.49. The fourth-order valence-electron chi connectivity index (χ4n) is 3.28. The van der Waals surface area contributed by atoms with Crippen LogP contribution in [-0.4, -0.2) is 15.9 Å². The van der Waals surface area contributed by atoms with Crippen molar-refractivity contribution >= 4 is 16.8 Å². The van der Waals surface area contributed by atoms with Crippen LogP contribution in [0.1, 0.15) is 39.6 Å². The van der Waals surface area contributed by atoms with Gasteiger partial charge < -0.3 is 16.0 Å². The van der Waals surface area contributed by atoms with Crippen molar-refractivity contribution in [1.29, 1.82) is 0 Å². The molecule has 4 N–H and O–H groups in total. The van der Waals surface area contributed by atoms with Crippen LogP contribution in [0.2, 0.25) is 0 Å². The van der Waals surface area contributed by atoms with Gasteiger partial charge in [0.05, 0.1) is 6.04 Å². The number of aryl methyl sites for hydroxylation is 1. The van der Waals surface area contributed by atoms with Gasteiger partial charge in [-0.15, -0.1) is 0 Å². The van der Waals surface area contributed by atoms with Crippen LogP contribution in [0.25, 0.3) is 10.9 Å². The summed E-state index contributed by atoms with van der Waals surface area (Å²) in [6, 6.07) is 10.0. The third kappa shape index (κ3) is 2.49. The Morgan fingerprint density at radius 1 is 1.35 bits per heavy atom. The first-order chi connectivity index (χ1) is 11.2. The molecule has 1 aromatic carbocycles. The summed E-state index contributed by atoms with van der Waals surface area (Å²) in [4.78, 5) is 19.7. The molecule has 1 unspecified atom stereocenters. The number of H-pyrrole nitrogens is 1. The molecule has 1 amide bonds. The minimum atomic E-state index is -0.0815. The first kappa shape index (κ1) is 14.0. The lowest BCUT2D eigenvalue weighted by atomic mass is 10.0. The summed E-state index contributed by atoms with van der Waals surface area (Å²) in [6.45, 7) is 0.549. The van der Waals surface area contributed by atoms with Crippen LogP contribution >= 0.6 is 0 Å². The molecule has 3 aromatic rings. The largest absolute Gasteiger partial charge is 0.350 e. The van der Waals surface area contributed by atoms with Crippen LogP contribution in [0.4, 0.5) is 0 Å². The molecule has 0 fully saturated rings. The molecule has 0 spiro atoms. The van der Waals surface area contributed by atoms with Gasteiger partial charge in [-0.3, -0.25) is 9.78 Å². The number of nitrogens with two attached hydrogens (primary N) is 1. The van der Waals surface area contributed by atoms with E-state index in [1.807, 2.05) is 18.2 Å². The summed E-state index contributed by atoms with van der Waals surface area (Å²) >= 11 is 0. The molecule has 5 nitrogen and oxygen atoms in total. The Kier molecular flexibility index (Phi) is 3.35. The molecule has 1 aliphatic rings. The third-order valence-electron chi connectivity index (χ3n) is 4.49. The summed E-state index contributed by atoms with van der Waals surface area (Å²) < 4.78 is 0. The van der Waals surface area contributed by atoms with Crippen molar-refractivity contribution < 1.29 is 4.79 Å². The number of pyridine rings is 1. The quantitative estimate of drug-likeness (QED) is 0.695. The summed E-state index contributed by atoms with van der Waals surface area (Å²) in [5.74, 6) is -0.0815. The number of aromatic nitrogens is 2. The SMILES string of the molecule is NCc1ccc2c(c1)CCC2NC(=O)c1cc2cnccc2[nH]1. The number of fused-ring (bicyclic) bond motifs is 2. The van der Waals surface area contributed by atoms with Crippen molar-refractivity contribution in [3.8, 4) is 0 Å². The van der Waals surface area contributed by atoms with Crippen LogP contribution in [-0.2, 0) is 13.0 Å². The van der Waals surface area contributed by atoms with Crippen LogP contribution in [0, 0.1) is 0 Å². The zero-order chi connectivity index (χ0) is 15.8. The Labute approximate surface area is 133 Å². The van der Waals surface area contributed by atoms with Crippen LogP contribution in [0.15, 0.2) is 42.7 Å². The average Bonchev–Trinajstić information content (AvgIpc) is 3.18. The molecule has 116 valence electrons. The maximum absolute atomic E-state index is 12.5. The molecule has 1 aliphatic carbocycles. The number of hydrogen-bond acceptors (Lipinski definition) is 3.